The largest absolute Gasteiger partial charge is 0.438 e. The van der Waals surface area contributed by atoms with Gasteiger partial charge >= 0.3 is 0 Å². The molecule has 2 aromatic rings. The Morgan fingerprint density at radius 3 is 2.48 bits per heavy atom. The zero-order valence-electron chi connectivity index (χ0n) is 13.4. The first-order valence-corrected chi connectivity index (χ1v) is 7.35. The van der Waals surface area contributed by atoms with Crippen LogP contribution in [0.3, 0.4) is 0 Å². The summed E-state index contributed by atoms with van der Waals surface area (Å²) < 4.78 is 6.06. The molecule has 0 saturated heterocycles. The molecule has 0 radical (unpaired) electrons. The molecule has 4 nitrogen and oxygen atoms in total. The van der Waals surface area contributed by atoms with Crippen molar-refractivity contribution in [2.75, 3.05) is 12.4 Å². The van der Waals surface area contributed by atoms with Crippen LogP contribution in [0.15, 0.2) is 18.2 Å². The lowest BCUT2D eigenvalue weighted by atomic mass is 10.1. The fraction of sp³-hybridized carbons (Fsp3) is 0.412. The van der Waals surface area contributed by atoms with Crippen molar-refractivity contribution >= 4 is 5.82 Å². The van der Waals surface area contributed by atoms with E-state index in [2.05, 4.69) is 55.1 Å². The van der Waals surface area contributed by atoms with Gasteiger partial charge in [0, 0.05) is 19.5 Å². The lowest BCUT2D eigenvalue weighted by molar-refractivity contribution is 0.451. The number of ether oxygens (including phenoxy) is 1. The second kappa shape index (κ2) is 6.57. The Bertz CT molecular complexity index is 638. The van der Waals surface area contributed by atoms with Gasteiger partial charge in [0.15, 0.2) is 0 Å². The normalized spacial score (nSPS) is 10.5. The first-order valence-electron chi connectivity index (χ1n) is 7.35. The van der Waals surface area contributed by atoms with E-state index in [1.807, 2.05) is 13.1 Å². The number of nitrogens with zero attached hydrogens (tertiary/aromatic N) is 2. The maximum absolute atomic E-state index is 6.06. The van der Waals surface area contributed by atoms with Crippen LogP contribution in [0.1, 0.15) is 35.9 Å². The number of nitrogens with one attached hydrogen (secondary N) is 1. The highest BCUT2D eigenvalue weighted by Crippen LogP contribution is 2.30. The Hall–Kier alpha value is -2.10. The average Bonchev–Trinajstić information content (AvgIpc) is 2.48. The molecule has 0 aliphatic heterocycles. The SMILES string of the molecule is CCCc1nc(NC)cc(Oc2c(C)ccc(C)c2C)n1. The van der Waals surface area contributed by atoms with E-state index in [4.69, 9.17) is 4.74 Å². The lowest BCUT2D eigenvalue weighted by Gasteiger charge is -2.14. The Morgan fingerprint density at radius 1 is 1.10 bits per heavy atom. The molecule has 1 aromatic carbocycles. The maximum Gasteiger partial charge on any atom is 0.224 e. The highest BCUT2D eigenvalue weighted by atomic mass is 16.5. The van der Waals surface area contributed by atoms with Crippen LogP contribution in [-0.4, -0.2) is 17.0 Å². The highest BCUT2D eigenvalue weighted by molar-refractivity contribution is 5.47. The van der Waals surface area contributed by atoms with E-state index in [1.165, 1.54) is 5.56 Å². The van der Waals surface area contributed by atoms with Crippen molar-refractivity contribution in [2.24, 2.45) is 0 Å². The molecule has 1 heterocycles. The third kappa shape index (κ3) is 3.51. The van der Waals surface area contributed by atoms with Crippen LogP contribution in [0.5, 0.6) is 11.6 Å². The minimum atomic E-state index is 0.592. The van der Waals surface area contributed by atoms with Crippen molar-refractivity contribution in [3.63, 3.8) is 0 Å². The standard InChI is InChI=1S/C17H23N3O/c1-6-7-14-19-15(18-5)10-16(20-14)21-17-12(3)9-8-11(2)13(17)4/h8-10H,6-7H2,1-5H3,(H,18,19,20). The van der Waals surface area contributed by atoms with E-state index in [0.29, 0.717) is 5.88 Å². The van der Waals surface area contributed by atoms with Crippen molar-refractivity contribution < 1.29 is 4.74 Å². The molecule has 1 aromatic heterocycles. The number of aryl methyl sites for hydroxylation is 3. The Balaban J connectivity index is 2.39. The zero-order valence-corrected chi connectivity index (χ0v) is 13.4. The first-order chi connectivity index (χ1) is 10.0. The first kappa shape index (κ1) is 15.3. The van der Waals surface area contributed by atoms with Crippen molar-refractivity contribution in [3.8, 4) is 11.6 Å². The van der Waals surface area contributed by atoms with Gasteiger partial charge in [-0.05, 0) is 43.9 Å². The Labute approximate surface area is 126 Å². The molecule has 2 rings (SSSR count). The summed E-state index contributed by atoms with van der Waals surface area (Å²) in [6.45, 7) is 8.33. The average molecular weight is 285 g/mol. The quantitative estimate of drug-likeness (QED) is 0.895. The summed E-state index contributed by atoms with van der Waals surface area (Å²) in [5, 5.41) is 3.06. The smallest absolute Gasteiger partial charge is 0.224 e. The van der Waals surface area contributed by atoms with Crippen molar-refractivity contribution in [3.05, 3.63) is 40.7 Å². The number of aromatic nitrogens is 2. The Kier molecular flexibility index (Phi) is 4.78. The van der Waals surface area contributed by atoms with Crippen LogP contribution in [-0.2, 0) is 6.42 Å². The molecule has 0 amide bonds. The number of anilines is 1. The van der Waals surface area contributed by atoms with E-state index in [0.717, 1.165) is 41.4 Å². The van der Waals surface area contributed by atoms with Crippen LogP contribution < -0.4 is 10.1 Å². The predicted octanol–water partition coefficient (Wildman–Crippen LogP) is 4.19. The molecule has 0 fully saturated rings. The lowest BCUT2D eigenvalue weighted by Crippen LogP contribution is -2.03. The molecule has 0 aliphatic carbocycles. The molecule has 1 N–H and O–H groups in total. The summed E-state index contributed by atoms with van der Waals surface area (Å²) in [6, 6.07) is 6.02. The highest BCUT2D eigenvalue weighted by Gasteiger charge is 2.10. The van der Waals surface area contributed by atoms with Gasteiger partial charge in [0.25, 0.3) is 0 Å². The maximum atomic E-state index is 6.06. The summed E-state index contributed by atoms with van der Waals surface area (Å²) >= 11 is 0. The molecular formula is C17H23N3O. The van der Waals surface area contributed by atoms with Gasteiger partial charge in [0.1, 0.15) is 17.4 Å². The summed E-state index contributed by atoms with van der Waals surface area (Å²) in [4.78, 5) is 8.95. The van der Waals surface area contributed by atoms with Gasteiger partial charge in [-0.1, -0.05) is 19.1 Å². The zero-order chi connectivity index (χ0) is 15.4. The van der Waals surface area contributed by atoms with Gasteiger partial charge < -0.3 is 10.1 Å². The van der Waals surface area contributed by atoms with Crippen LogP contribution >= 0.6 is 0 Å². The minimum Gasteiger partial charge on any atom is -0.438 e. The summed E-state index contributed by atoms with van der Waals surface area (Å²) in [5.41, 5.74) is 3.48. The van der Waals surface area contributed by atoms with Gasteiger partial charge in [0.05, 0.1) is 0 Å². The summed E-state index contributed by atoms with van der Waals surface area (Å²) in [7, 11) is 1.85. The van der Waals surface area contributed by atoms with Crippen molar-refractivity contribution in [1.29, 1.82) is 0 Å². The van der Waals surface area contributed by atoms with Gasteiger partial charge in [-0.15, -0.1) is 0 Å². The van der Waals surface area contributed by atoms with Gasteiger partial charge in [0.2, 0.25) is 5.88 Å². The van der Waals surface area contributed by atoms with E-state index in [9.17, 15) is 0 Å². The fourth-order valence-electron chi connectivity index (χ4n) is 2.18. The topological polar surface area (TPSA) is 47.0 Å². The van der Waals surface area contributed by atoms with E-state index in [-0.39, 0.29) is 0 Å². The summed E-state index contributed by atoms with van der Waals surface area (Å²) in [5.74, 6) is 3.07. The molecular weight excluding hydrogens is 262 g/mol. The molecule has 0 unspecified atom stereocenters. The van der Waals surface area contributed by atoms with Gasteiger partial charge in [-0.2, -0.15) is 4.98 Å². The molecule has 0 saturated carbocycles. The van der Waals surface area contributed by atoms with Crippen molar-refractivity contribution in [2.45, 2.75) is 40.5 Å². The monoisotopic (exact) mass is 285 g/mol. The van der Waals surface area contributed by atoms with Gasteiger partial charge in [-0.3, -0.25) is 0 Å². The van der Waals surface area contributed by atoms with Crippen LogP contribution in [0, 0.1) is 20.8 Å². The second-order valence-electron chi connectivity index (χ2n) is 5.26. The minimum absolute atomic E-state index is 0.592. The van der Waals surface area contributed by atoms with Gasteiger partial charge in [-0.25, -0.2) is 4.98 Å². The molecule has 0 bridgehead atoms. The predicted molar refractivity (Wildman–Crippen MR) is 86.3 cm³/mol. The van der Waals surface area contributed by atoms with E-state index in [1.54, 1.807) is 0 Å². The van der Waals surface area contributed by atoms with E-state index < -0.39 is 0 Å². The number of benzene rings is 1. The summed E-state index contributed by atoms with van der Waals surface area (Å²) in [6.07, 6.45) is 1.85. The second-order valence-corrected chi connectivity index (χ2v) is 5.26. The molecule has 21 heavy (non-hydrogen) atoms. The number of hydrogen-bond donors (Lipinski definition) is 1. The number of hydrogen-bond acceptors (Lipinski definition) is 4. The van der Waals surface area contributed by atoms with Crippen LogP contribution in [0.4, 0.5) is 5.82 Å². The molecule has 0 spiro atoms. The third-order valence-corrected chi connectivity index (χ3v) is 3.56. The fourth-order valence-corrected chi connectivity index (χ4v) is 2.18. The van der Waals surface area contributed by atoms with Crippen LogP contribution in [0.2, 0.25) is 0 Å². The van der Waals surface area contributed by atoms with Crippen molar-refractivity contribution in [1.82, 2.24) is 9.97 Å². The molecule has 4 heteroatoms. The number of rotatable bonds is 5. The molecule has 0 aliphatic rings. The molecule has 112 valence electrons. The van der Waals surface area contributed by atoms with E-state index >= 15 is 0 Å². The third-order valence-electron chi connectivity index (χ3n) is 3.56. The Morgan fingerprint density at radius 2 is 1.81 bits per heavy atom. The van der Waals surface area contributed by atoms with Crippen LogP contribution in [0.25, 0.3) is 0 Å². The molecule has 0 atom stereocenters.